The van der Waals surface area contributed by atoms with Gasteiger partial charge >= 0.3 is 5.63 Å². The fourth-order valence-electron chi connectivity index (χ4n) is 3.11. The zero-order chi connectivity index (χ0) is 18.5. The lowest BCUT2D eigenvalue weighted by atomic mass is 10.2. The van der Waals surface area contributed by atoms with Crippen LogP contribution in [0.3, 0.4) is 0 Å². The Labute approximate surface area is 151 Å². The van der Waals surface area contributed by atoms with E-state index in [2.05, 4.69) is 29.2 Å². The summed E-state index contributed by atoms with van der Waals surface area (Å²) < 4.78 is 6.87. The number of nitrogens with one attached hydrogen (secondary N) is 1. The summed E-state index contributed by atoms with van der Waals surface area (Å²) in [5, 5.41) is 8.30. The van der Waals surface area contributed by atoms with Gasteiger partial charge in [0.25, 0.3) is 0 Å². The monoisotopic (exact) mass is 356 g/mol. The zero-order valence-corrected chi connectivity index (χ0v) is 15.2. The van der Waals surface area contributed by atoms with E-state index >= 15 is 0 Å². The third-order valence-corrected chi connectivity index (χ3v) is 4.57. The lowest BCUT2D eigenvalue weighted by molar-refractivity contribution is -0.121. The lowest BCUT2D eigenvalue weighted by Gasteiger charge is -2.17. The van der Waals surface area contributed by atoms with E-state index in [-0.39, 0.29) is 12.5 Å². The molecular weight excluding hydrogens is 332 g/mol. The molecule has 0 bridgehead atoms. The maximum atomic E-state index is 12.3. The predicted molar refractivity (Wildman–Crippen MR) is 101 cm³/mol. The highest BCUT2D eigenvalue weighted by Crippen LogP contribution is 2.22. The zero-order valence-electron chi connectivity index (χ0n) is 15.2. The standard InChI is InChI=1S/C19H24N4O3/c1-3-22(4-2)11-7-10-20-17(24)13-23-18-14-8-5-6-9-16(14)26-19(25)15(18)12-21-23/h5-6,8-9,12H,3-4,7,10-11,13H2,1-2H3,(H,20,24). The molecule has 0 saturated heterocycles. The van der Waals surface area contributed by atoms with Gasteiger partial charge in [0.2, 0.25) is 5.91 Å². The number of aromatic nitrogens is 2. The predicted octanol–water partition coefficient (Wildman–Crippen LogP) is 1.99. The van der Waals surface area contributed by atoms with Gasteiger partial charge in [-0.1, -0.05) is 26.0 Å². The number of hydrogen-bond donors (Lipinski definition) is 1. The molecule has 26 heavy (non-hydrogen) atoms. The fraction of sp³-hybridized carbons (Fsp3) is 0.421. The van der Waals surface area contributed by atoms with Crippen molar-refractivity contribution in [3.05, 3.63) is 40.9 Å². The minimum Gasteiger partial charge on any atom is -0.422 e. The Bertz CT molecular complexity index is 956. The Hall–Kier alpha value is -2.67. The van der Waals surface area contributed by atoms with E-state index in [4.69, 9.17) is 4.42 Å². The molecule has 0 aliphatic rings. The quantitative estimate of drug-likeness (QED) is 0.493. The fourth-order valence-corrected chi connectivity index (χ4v) is 3.11. The summed E-state index contributed by atoms with van der Waals surface area (Å²) in [6.07, 6.45) is 2.36. The topological polar surface area (TPSA) is 80.4 Å². The largest absolute Gasteiger partial charge is 0.422 e. The number of carbonyl (C=O) groups excluding carboxylic acids is 1. The van der Waals surface area contributed by atoms with Gasteiger partial charge < -0.3 is 14.6 Å². The molecule has 0 unspecified atom stereocenters. The molecule has 1 amide bonds. The number of benzene rings is 1. The summed E-state index contributed by atoms with van der Waals surface area (Å²) in [6.45, 7) is 7.94. The third kappa shape index (κ3) is 3.77. The lowest BCUT2D eigenvalue weighted by Crippen LogP contribution is -2.32. The van der Waals surface area contributed by atoms with Gasteiger partial charge in [0, 0.05) is 11.9 Å². The Morgan fingerprint density at radius 1 is 1.23 bits per heavy atom. The molecule has 1 N–H and O–H groups in total. The SMILES string of the molecule is CCN(CC)CCCNC(=O)Cn1ncc2c(=O)oc3ccccc3c21. The molecule has 7 nitrogen and oxygen atoms in total. The average Bonchev–Trinajstić information content (AvgIpc) is 3.06. The van der Waals surface area contributed by atoms with Crippen molar-refractivity contribution in [1.82, 2.24) is 20.0 Å². The molecule has 0 atom stereocenters. The van der Waals surface area contributed by atoms with Crippen LogP contribution in [0.2, 0.25) is 0 Å². The summed E-state index contributed by atoms with van der Waals surface area (Å²) in [5.41, 5.74) is 0.686. The minimum atomic E-state index is -0.440. The van der Waals surface area contributed by atoms with Crippen LogP contribution in [-0.2, 0) is 11.3 Å². The molecule has 0 aliphatic carbocycles. The molecule has 1 aromatic carbocycles. The van der Waals surface area contributed by atoms with E-state index in [0.29, 0.717) is 23.0 Å². The van der Waals surface area contributed by atoms with Gasteiger partial charge in [-0.2, -0.15) is 5.10 Å². The Kier molecular flexibility index (Phi) is 5.68. The van der Waals surface area contributed by atoms with Crippen molar-refractivity contribution in [3.8, 4) is 0 Å². The van der Waals surface area contributed by atoms with E-state index in [0.717, 1.165) is 31.4 Å². The molecular formula is C19H24N4O3. The molecule has 0 aliphatic heterocycles. The van der Waals surface area contributed by atoms with Gasteiger partial charge in [0.15, 0.2) is 0 Å². The van der Waals surface area contributed by atoms with Gasteiger partial charge in [0.1, 0.15) is 17.5 Å². The number of amides is 1. The second kappa shape index (κ2) is 8.14. The van der Waals surface area contributed by atoms with Crippen LogP contribution < -0.4 is 10.9 Å². The smallest absolute Gasteiger partial charge is 0.347 e. The molecule has 0 fully saturated rings. The third-order valence-electron chi connectivity index (χ3n) is 4.57. The number of fused-ring (bicyclic) bond motifs is 3. The normalized spacial score (nSPS) is 11.5. The average molecular weight is 356 g/mol. The van der Waals surface area contributed by atoms with Crippen molar-refractivity contribution >= 4 is 27.8 Å². The van der Waals surface area contributed by atoms with Crippen molar-refractivity contribution in [3.63, 3.8) is 0 Å². The first-order chi connectivity index (χ1) is 12.6. The van der Waals surface area contributed by atoms with E-state index in [9.17, 15) is 9.59 Å². The number of nitrogens with zero attached hydrogens (tertiary/aromatic N) is 3. The first-order valence-corrected chi connectivity index (χ1v) is 9.00. The van der Waals surface area contributed by atoms with Crippen LogP contribution in [0.4, 0.5) is 0 Å². The molecule has 3 aromatic rings. The van der Waals surface area contributed by atoms with Crippen molar-refractivity contribution in [2.45, 2.75) is 26.8 Å². The number of hydrogen-bond acceptors (Lipinski definition) is 5. The maximum Gasteiger partial charge on any atom is 0.347 e. The van der Waals surface area contributed by atoms with Crippen LogP contribution in [0.5, 0.6) is 0 Å². The molecule has 0 radical (unpaired) electrons. The van der Waals surface area contributed by atoms with Gasteiger partial charge in [-0.15, -0.1) is 0 Å². The molecule has 7 heteroatoms. The van der Waals surface area contributed by atoms with E-state index in [1.165, 1.54) is 6.20 Å². The van der Waals surface area contributed by atoms with Crippen LogP contribution in [0.25, 0.3) is 21.9 Å². The molecule has 2 heterocycles. The van der Waals surface area contributed by atoms with Crippen molar-refractivity contribution in [2.75, 3.05) is 26.2 Å². The summed E-state index contributed by atoms with van der Waals surface area (Å²) in [4.78, 5) is 26.7. The highest BCUT2D eigenvalue weighted by Gasteiger charge is 2.14. The van der Waals surface area contributed by atoms with Crippen molar-refractivity contribution < 1.29 is 9.21 Å². The van der Waals surface area contributed by atoms with Crippen LogP contribution in [0.15, 0.2) is 39.7 Å². The maximum absolute atomic E-state index is 12.3. The first-order valence-electron chi connectivity index (χ1n) is 9.00. The van der Waals surface area contributed by atoms with Crippen molar-refractivity contribution in [2.24, 2.45) is 0 Å². The second-order valence-corrected chi connectivity index (χ2v) is 6.18. The molecule has 2 aromatic heterocycles. The minimum absolute atomic E-state index is 0.0716. The van der Waals surface area contributed by atoms with E-state index < -0.39 is 5.63 Å². The molecule has 3 rings (SSSR count). The van der Waals surface area contributed by atoms with E-state index in [1.54, 1.807) is 16.8 Å². The molecule has 138 valence electrons. The highest BCUT2D eigenvalue weighted by molar-refractivity contribution is 6.02. The molecule has 0 saturated carbocycles. The van der Waals surface area contributed by atoms with Gasteiger partial charge in [-0.05, 0) is 38.2 Å². The van der Waals surface area contributed by atoms with Crippen LogP contribution in [-0.4, -0.2) is 46.8 Å². The van der Waals surface area contributed by atoms with E-state index in [1.807, 2.05) is 12.1 Å². The van der Waals surface area contributed by atoms with Crippen molar-refractivity contribution in [1.29, 1.82) is 0 Å². The van der Waals surface area contributed by atoms with Gasteiger partial charge in [-0.3, -0.25) is 9.48 Å². The summed E-state index contributed by atoms with van der Waals surface area (Å²) >= 11 is 0. The number of rotatable bonds is 8. The first kappa shape index (κ1) is 18.1. The summed E-state index contributed by atoms with van der Waals surface area (Å²) in [6, 6.07) is 7.27. The van der Waals surface area contributed by atoms with Crippen LogP contribution in [0.1, 0.15) is 20.3 Å². The van der Waals surface area contributed by atoms with Crippen LogP contribution in [0, 0.1) is 0 Å². The van der Waals surface area contributed by atoms with Gasteiger partial charge in [-0.25, -0.2) is 4.79 Å². The molecule has 0 spiro atoms. The Balaban J connectivity index is 1.71. The Morgan fingerprint density at radius 2 is 2.00 bits per heavy atom. The second-order valence-electron chi connectivity index (χ2n) is 6.18. The van der Waals surface area contributed by atoms with Gasteiger partial charge in [0.05, 0.1) is 11.7 Å². The number of para-hydroxylation sites is 1. The van der Waals surface area contributed by atoms with Crippen LogP contribution >= 0.6 is 0 Å². The highest BCUT2D eigenvalue weighted by atomic mass is 16.4. The summed E-state index contributed by atoms with van der Waals surface area (Å²) in [7, 11) is 0. The Morgan fingerprint density at radius 3 is 2.77 bits per heavy atom. The number of carbonyl (C=O) groups is 1. The summed E-state index contributed by atoms with van der Waals surface area (Å²) in [5.74, 6) is -0.119.